The Morgan fingerprint density at radius 1 is 1.19 bits per heavy atom. The van der Waals surface area contributed by atoms with Crippen LogP contribution in [0.2, 0.25) is 0 Å². The van der Waals surface area contributed by atoms with Crippen molar-refractivity contribution in [3.8, 4) is 17.0 Å². The number of carbonyl (C=O) groups is 1. The number of aromatic hydroxyl groups is 1. The molecule has 0 unspecified atom stereocenters. The first-order valence-corrected chi connectivity index (χ1v) is 9.60. The van der Waals surface area contributed by atoms with Gasteiger partial charge < -0.3 is 10.4 Å². The highest BCUT2D eigenvalue weighted by Gasteiger charge is 2.22. The van der Waals surface area contributed by atoms with E-state index in [9.17, 15) is 9.90 Å². The SMILES string of the molecule is Cc1nc2c(nc1NC(=O)CC1CCCCC1)CCc1cc(O)ccc1-2. The highest BCUT2D eigenvalue weighted by molar-refractivity contribution is 5.90. The molecule has 1 amide bonds. The fraction of sp³-hybridized carbons (Fsp3) is 0.476. The molecule has 5 heteroatoms. The monoisotopic (exact) mass is 351 g/mol. The van der Waals surface area contributed by atoms with Crippen LogP contribution in [0.4, 0.5) is 5.82 Å². The lowest BCUT2D eigenvalue weighted by atomic mass is 9.87. The van der Waals surface area contributed by atoms with Crippen molar-refractivity contribution in [2.75, 3.05) is 5.32 Å². The van der Waals surface area contributed by atoms with Crippen molar-refractivity contribution in [3.63, 3.8) is 0 Å². The van der Waals surface area contributed by atoms with Crippen LogP contribution in [0.15, 0.2) is 18.2 Å². The fourth-order valence-electron chi connectivity index (χ4n) is 4.17. The van der Waals surface area contributed by atoms with Gasteiger partial charge >= 0.3 is 0 Å². The smallest absolute Gasteiger partial charge is 0.225 e. The summed E-state index contributed by atoms with van der Waals surface area (Å²) in [5.41, 5.74) is 4.65. The van der Waals surface area contributed by atoms with E-state index >= 15 is 0 Å². The van der Waals surface area contributed by atoms with Gasteiger partial charge in [0.15, 0.2) is 5.82 Å². The maximum Gasteiger partial charge on any atom is 0.225 e. The van der Waals surface area contributed by atoms with Crippen LogP contribution in [0.5, 0.6) is 5.75 Å². The maximum absolute atomic E-state index is 12.4. The first kappa shape index (κ1) is 17.0. The average Bonchev–Trinajstić information content (AvgIpc) is 2.63. The standard InChI is InChI=1S/C21H25N3O2/c1-13-21(24-19(26)11-14-5-3-2-4-6-14)23-18-10-7-15-12-16(25)8-9-17(15)20(18)22-13/h8-9,12,14,25H,2-7,10-11H2,1H3,(H,23,24,26). The Labute approximate surface area is 153 Å². The number of carbonyl (C=O) groups excluding carboxylic acids is 1. The minimum atomic E-state index is 0.0513. The fourth-order valence-corrected chi connectivity index (χ4v) is 4.17. The Bertz CT molecular complexity index is 841. The summed E-state index contributed by atoms with van der Waals surface area (Å²) in [7, 11) is 0. The van der Waals surface area contributed by atoms with E-state index in [-0.39, 0.29) is 11.7 Å². The summed E-state index contributed by atoms with van der Waals surface area (Å²) >= 11 is 0. The molecule has 1 heterocycles. The van der Waals surface area contributed by atoms with Crippen LogP contribution in [0, 0.1) is 12.8 Å². The van der Waals surface area contributed by atoms with Gasteiger partial charge in [0.1, 0.15) is 5.75 Å². The third-order valence-corrected chi connectivity index (χ3v) is 5.57. The van der Waals surface area contributed by atoms with E-state index in [1.54, 1.807) is 12.1 Å². The number of fused-ring (bicyclic) bond motifs is 3. The van der Waals surface area contributed by atoms with Gasteiger partial charge in [0.2, 0.25) is 5.91 Å². The number of aromatic nitrogens is 2. The minimum absolute atomic E-state index is 0.0513. The second-order valence-corrected chi connectivity index (χ2v) is 7.55. The maximum atomic E-state index is 12.4. The first-order chi connectivity index (χ1) is 12.6. The summed E-state index contributed by atoms with van der Waals surface area (Å²) in [4.78, 5) is 21.9. The number of rotatable bonds is 3. The summed E-state index contributed by atoms with van der Waals surface area (Å²) < 4.78 is 0. The zero-order valence-electron chi connectivity index (χ0n) is 15.2. The summed E-state index contributed by atoms with van der Waals surface area (Å²) in [5, 5.41) is 12.7. The van der Waals surface area contributed by atoms with E-state index in [1.165, 1.54) is 19.3 Å². The lowest BCUT2D eigenvalue weighted by Gasteiger charge is -2.22. The lowest BCUT2D eigenvalue weighted by Crippen LogP contribution is -2.21. The predicted octanol–water partition coefficient (Wildman–Crippen LogP) is 4.17. The van der Waals surface area contributed by atoms with E-state index in [0.29, 0.717) is 18.2 Å². The second-order valence-electron chi connectivity index (χ2n) is 7.55. The molecular formula is C21H25N3O2. The van der Waals surface area contributed by atoms with Crippen molar-refractivity contribution in [2.45, 2.75) is 58.3 Å². The average molecular weight is 351 g/mol. The molecule has 0 atom stereocenters. The van der Waals surface area contributed by atoms with E-state index < -0.39 is 0 Å². The molecule has 0 saturated heterocycles. The Kier molecular flexibility index (Phi) is 4.62. The Balaban J connectivity index is 1.54. The van der Waals surface area contributed by atoms with Crippen LogP contribution in [0.1, 0.15) is 55.5 Å². The molecule has 2 aromatic rings. The van der Waals surface area contributed by atoms with Gasteiger partial charge in [0, 0.05) is 12.0 Å². The summed E-state index contributed by atoms with van der Waals surface area (Å²) in [5.74, 6) is 1.43. The molecule has 1 saturated carbocycles. The lowest BCUT2D eigenvalue weighted by molar-refractivity contribution is -0.117. The highest BCUT2D eigenvalue weighted by atomic mass is 16.3. The van der Waals surface area contributed by atoms with E-state index in [2.05, 4.69) is 5.32 Å². The normalized spacial score (nSPS) is 16.7. The van der Waals surface area contributed by atoms with E-state index in [4.69, 9.17) is 9.97 Å². The van der Waals surface area contributed by atoms with Gasteiger partial charge in [-0.1, -0.05) is 19.3 Å². The molecule has 26 heavy (non-hydrogen) atoms. The van der Waals surface area contributed by atoms with Crippen molar-refractivity contribution < 1.29 is 9.90 Å². The molecule has 1 aromatic carbocycles. The van der Waals surface area contributed by atoms with Crippen molar-refractivity contribution >= 4 is 11.7 Å². The van der Waals surface area contributed by atoms with Crippen molar-refractivity contribution in [3.05, 3.63) is 35.2 Å². The van der Waals surface area contributed by atoms with Crippen LogP contribution in [-0.4, -0.2) is 21.0 Å². The number of hydrogen-bond acceptors (Lipinski definition) is 4. The molecule has 0 bridgehead atoms. The van der Waals surface area contributed by atoms with Crippen molar-refractivity contribution in [1.29, 1.82) is 0 Å². The molecule has 2 N–H and O–H groups in total. The zero-order chi connectivity index (χ0) is 18.1. The second kappa shape index (κ2) is 7.06. The van der Waals surface area contributed by atoms with Crippen LogP contribution < -0.4 is 5.32 Å². The third kappa shape index (κ3) is 3.43. The topological polar surface area (TPSA) is 75.1 Å². The third-order valence-electron chi connectivity index (χ3n) is 5.57. The molecule has 5 nitrogen and oxygen atoms in total. The predicted molar refractivity (Wildman–Crippen MR) is 101 cm³/mol. The molecule has 4 rings (SSSR count). The van der Waals surface area contributed by atoms with Gasteiger partial charge in [-0.2, -0.15) is 0 Å². The molecule has 136 valence electrons. The number of benzene rings is 1. The quantitative estimate of drug-likeness (QED) is 0.870. The molecule has 0 aliphatic heterocycles. The van der Waals surface area contributed by atoms with Crippen molar-refractivity contribution in [1.82, 2.24) is 9.97 Å². The molecule has 2 aliphatic carbocycles. The van der Waals surface area contributed by atoms with Gasteiger partial charge in [0.05, 0.1) is 17.1 Å². The van der Waals surface area contributed by atoms with Gasteiger partial charge in [-0.15, -0.1) is 0 Å². The number of aryl methyl sites for hydroxylation is 3. The van der Waals surface area contributed by atoms with Crippen LogP contribution in [0.3, 0.4) is 0 Å². The molecule has 0 radical (unpaired) electrons. The van der Waals surface area contributed by atoms with Crippen LogP contribution in [-0.2, 0) is 17.6 Å². The first-order valence-electron chi connectivity index (χ1n) is 9.60. The Hall–Kier alpha value is -2.43. The summed E-state index contributed by atoms with van der Waals surface area (Å²) in [6.45, 7) is 1.89. The number of amides is 1. The number of hydrogen-bond donors (Lipinski definition) is 2. The number of nitrogens with one attached hydrogen (secondary N) is 1. The molecule has 0 spiro atoms. The van der Waals surface area contributed by atoms with Gasteiger partial charge in [-0.3, -0.25) is 4.79 Å². The molecule has 1 fully saturated rings. The number of anilines is 1. The van der Waals surface area contributed by atoms with Crippen LogP contribution in [0.25, 0.3) is 11.3 Å². The highest BCUT2D eigenvalue weighted by Crippen LogP contribution is 2.34. The largest absolute Gasteiger partial charge is 0.508 e. The number of phenolic OH excluding ortho intramolecular Hbond substituents is 1. The number of nitrogens with zero attached hydrogens (tertiary/aromatic N) is 2. The van der Waals surface area contributed by atoms with E-state index in [0.717, 1.165) is 53.9 Å². The Morgan fingerprint density at radius 3 is 2.81 bits per heavy atom. The van der Waals surface area contributed by atoms with Gasteiger partial charge in [-0.25, -0.2) is 9.97 Å². The zero-order valence-corrected chi connectivity index (χ0v) is 15.2. The molecule has 2 aliphatic rings. The summed E-state index contributed by atoms with van der Waals surface area (Å²) in [6, 6.07) is 5.39. The molecule has 1 aromatic heterocycles. The summed E-state index contributed by atoms with van der Waals surface area (Å²) in [6.07, 6.45) is 8.27. The van der Waals surface area contributed by atoms with Crippen LogP contribution >= 0.6 is 0 Å². The molecular weight excluding hydrogens is 326 g/mol. The minimum Gasteiger partial charge on any atom is -0.508 e. The van der Waals surface area contributed by atoms with E-state index in [1.807, 2.05) is 13.0 Å². The van der Waals surface area contributed by atoms with Gasteiger partial charge in [-0.05, 0) is 62.3 Å². The number of phenols is 1. The Morgan fingerprint density at radius 2 is 2.00 bits per heavy atom. The van der Waals surface area contributed by atoms with Crippen molar-refractivity contribution in [2.24, 2.45) is 5.92 Å². The van der Waals surface area contributed by atoms with Gasteiger partial charge in [0.25, 0.3) is 0 Å².